The third kappa shape index (κ3) is 2.98. The van der Waals surface area contributed by atoms with Crippen molar-refractivity contribution < 1.29 is 24.7 Å². The summed E-state index contributed by atoms with van der Waals surface area (Å²) in [6, 6.07) is 3.26. The molecule has 3 N–H and O–H groups in total. The number of carbonyl (C=O) groups is 2. The zero-order valence-corrected chi connectivity index (χ0v) is 10.6. The van der Waals surface area contributed by atoms with E-state index in [2.05, 4.69) is 5.32 Å². The normalized spacial score (nSPS) is 14.3. The summed E-state index contributed by atoms with van der Waals surface area (Å²) in [5, 5.41) is 31.4. The van der Waals surface area contributed by atoms with Crippen molar-refractivity contribution in [2.75, 3.05) is 18.5 Å². The van der Waals surface area contributed by atoms with Crippen LogP contribution in [0.1, 0.15) is 0 Å². The van der Waals surface area contributed by atoms with Crippen LogP contribution < -0.4 is 5.32 Å². The molecule has 0 saturated carbocycles. The number of benzene rings is 1. The molecule has 1 heterocycles. The van der Waals surface area contributed by atoms with E-state index in [9.17, 15) is 24.8 Å². The number of β-amino-alcohol motifs (C(OH)–C–C–N with tert-alkyl or cyclic N) is 1. The average molecular weight is 293 g/mol. The number of phenolic OH excluding ortho intramolecular Hbond substituents is 1. The molecular formula is C12H11N3O6. The summed E-state index contributed by atoms with van der Waals surface area (Å²) in [4.78, 5) is 34.2. The minimum Gasteiger partial charge on any atom is -0.508 e. The van der Waals surface area contributed by atoms with Gasteiger partial charge in [0.1, 0.15) is 11.4 Å². The predicted molar refractivity (Wildman–Crippen MR) is 70.3 cm³/mol. The first kappa shape index (κ1) is 14.5. The molecule has 1 aromatic rings. The number of aliphatic hydroxyl groups is 1. The Bertz CT molecular complexity index is 654. The molecular weight excluding hydrogens is 282 g/mol. The maximum Gasteiger partial charge on any atom is 0.277 e. The first-order valence-corrected chi connectivity index (χ1v) is 5.86. The average Bonchev–Trinajstić information content (AvgIpc) is 2.66. The molecule has 2 amide bonds. The van der Waals surface area contributed by atoms with E-state index in [1.807, 2.05) is 0 Å². The van der Waals surface area contributed by atoms with Gasteiger partial charge in [0.2, 0.25) is 0 Å². The molecule has 0 aromatic heterocycles. The summed E-state index contributed by atoms with van der Waals surface area (Å²) >= 11 is 0. The van der Waals surface area contributed by atoms with Crippen LogP contribution in [0.4, 0.5) is 11.4 Å². The summed E-state index contributed by atoms with van der Waals surface area (Å²) in [5.41, 5.74) is -0.351. The van der Waals surface area contributed by atoms with Crippen molar-refractivity contribution in [3.05, 3.63) is 40.1 Å². The molecule has 0 aliphatic carbocycles. The second kappa shape index (κ2) is 5.59. The van der Waals surface area contributed by atoms with Gasteiger partial charge in [-0.05, 0) is 0 Å². The molecule has 0 bridgehead atoms. The Labute approximate surface area is 118 Å². The van der Waals surface area contributed by atoms with Gasteiger partial charge in [-0.25, -0.2) is 0 Å². The number of nitrogens with zero attached hydrogens (tertiary/aromatic N) is 2. The van der Waals surface area contributed by atoms with Crippen LogP contribution in [0, 0.1) is 10.1 Å². The van der Waals surface area contributed by atoms with Crippen LogP contribution in [-0.2, 0) is 9.59 Å². The van der Waals surface area contributed by atoms with Gasteiger partial charge in [-0.15, -0.1) is 0 Å². The highest BCUT2D eigenvalue weighted by molar-refractivity contribution is 6.17. The molecule has 0 fully saturated rings. The van der Waals surface area contributed by atoms with Crippen molar-refractivity contribution in [2.24, 2.45) is 0 Å². The number of carbonyl (C=O) groups excluding carboxylic acids is 2. The number of nitro groups is 1. The highest BCUT2D eigenvalue weighted by Gasteiger charge is 2.30. The van der Waals surface area contributed by atoms with E-state index < -0.39 is 16.7 Å². The molecule has 0 saturated heterocycles. The molecule has 2 rings (SSSR count). The molecule has 110 valence electrons. The van der Waals surface area contributed by atoms with Gasteiger partial charge < -0.3 is 15.5 Å². The maximum atomic E-state index is 11.9. The summed E-state index contributed by atoms with van der Waals surface area (Å²) in [6.45, 7) is -0.504. The van der Waals surface area contributed by atoms with Gasteiger partial charge in [0, 0.05) is 23.9 Å². The van der Waals surface area contributed by atoms with Gasteiger partial charge in [-0.1, -0.05) is 0 Å². The van der Waals surface area contributed by atoms with Crippen LogP contribution in [0.15, 0.2) is 30.0 Å². The molecule has 9 nitrogen and oxygen atoms in total. The van der Waals surface area contributed by atoms with Crippen LogP contribution in [-0.4, -0.2) is 45.0 Å². The Balaban J connectivity index is 2.23. The molecule has 0 unspecified atom stereocenters. The first-order valence-electron chi connectivity index (χ1n) is 5.86. The van der Waals surface area contributed by atoms with Crippen molar-refractivity contribution in [1.82, 2.24) is 4.90 Å². The van der Waals surface area contributed by atoms with Gasteiger partial charge in [0.05, 0.1) is 24.1 Å². The van der Waals surface area contributed by atoms with E-state index in [0.717, 1.165) is 23.1 Å². The van der Waals surface area contributed by atoms with Crippen LogP contribution in [0.2, 0.25) is 0 Å². The number of aromatic hydroxyl groups is 1. The SMILES string of the molecule is O=C1C=C(Nc2cc(O)cc([N+](=O)[O-])c2)C(=O)N1CCO. The number of hydrogen-bond acceptors (Lipinski definition) is 7. The lowest BCUT2D eigenvalue weighted by molar-refractivity contribution is -0.384. The van der Waals surface area contributed by atoms with Crippen molar-refractivity contribution in [3.63, 3.8) is 0 Å². The van der Waals surface area contributed by atoms with Gasteiger partial charge >= 0.3 is 0 Å². The van der Waals surface area contributed by atoms with Gasteiger partial charge in [0.15, 0.2) is 0 Å². The second-order valence-corrected chi connectivity index (χ2v) is 4.20. The van der Waals surface area contributed by atoms with E-state index in [4.69, 9.17) is 5.11 Å². The smallest absolute Gasteiger partial charge is 0.277 e. The maximum absolute atomic E-state index is 11.9. The van der Waals surface area contributed by atoms with Gasteiger partial charge in [0.25, 0.3) is 17.5 Å². The first-order chi connectivity index (χ1) is 9.92. The fraction of sp³-hybridized carbons (Fsp3) is 0.167. The Morgan fingerprint density at radius 3 is 2.62 bits per heavy atom. The lowest BCUT2D eigenvalue weighted by Gasteiger charge is -2.13. The van der Waals surface area contributed by atoms with Crippen molar-refractivity contribution in [1.29, 1.82) is 0 Å². The van der Waals surface area contributed by atoms with Crippen molar-refractivity contribution >= 4 is 23.2 Å². The fourth-order valence-corrected chi connectivity index (χ4v) is 1.84. The zero-order chi connectivity index (χ0) is 15.6. The molecule has 0 spiro atoms. The van der Waals surface area contributed by atoms with Crippen LogP contribution in [0.5, 0.6) is 5.75 Å². The molecule has 0 atom stereocenters. The minimum atomic E-state index is -0.695. The van der Waals surface area contributed by atoms with Crippen molar-refractivity contribution in [2.45, 2.75) is 0 Å². The Morgan fingerprint density at radius 1 is 1.29 bits per heavy atom. The van der Waals surface area contributed by atoms with Crippen LogP contribution >= 0.6 is 0 Å². The number of aliphatic hydroxyl groups excluding tert-OH is 1. The molecule has 21 heavy (non-hydrogen) atoms. The van der Waals surface area contributed by atoms with E-state index in [1.54, 1.807) is 0 Å². The number of phenols is 1. The Morgan fingerprint density at radius 2 is 2.00 bits per heavy atom. The van der Waals surface area contributed by atoms with Crippen molar-refractivity contribution in [3.8, 4) is 5.75 Å². The molecule has 0 radical (unpaired) electrons. The minimum absolute atomic E-state index is 0.0895. The highest BCUT2D eigenvalue weighted by atomic mass is 16.6. The van der Waals surface area contributed by atoms with E-state index in [0.29, 0.717) is 0 Å². The largest absolute Gasteiger partial charge is 0.508 e. The standard InChI is InChI=1S/C12H11N3O6/c16-2-1-14-11(18)6-10(12(14)19)13-7-3-8(15(20)21)5-9(17)4-7/h3-6,13,16-17H,1-2H2. The number of nitro benzene ring substituents is 1. The number of non-ortho nitro benzene ring substituents is 1. The zero-order valence-electron chi connectivity index (χ0n) is 10.6. The highest BCUT2D eigenvalue weighted by Crippen LogP contribution is 2.26. The predicted octanol–water partition coefficient (Wildman–Crippen LogP) is -0.0427. The number of imide groups is 1. The Hall–Kier alpha value is -2.94. The quantitative estimate of drug-likeness (QED) is 0.394. The van der Waals surface area contributed by atoms with Gasteiger partial charge in [-0.3, -0.25) is 24.6 Å². The fourth-order valence-electron chi connectivity index (χ4n) is 1.84. The number of anilines is 1. The lowest BCUT2D eigenvalue weighted by atomic mass is 10.2. The number of rotatable bonds is 5. The van der Waals surface area contributed by atoms with E-state index in [1.165, 1.54) is 6.07 Å². The topological polar surface area (TPSA) is 133 Å². The summed E-state index contributed by atoms with van der Waals surface area (Å²) in [7, 11) is 0. The third-order valence-corrected chi connectivity index (χ3v) is 2.73. The number of nitrogens with one attached hydrogen (secondary N) is 1. The van der Waals surface area contributed by atoms with Crippen LogP contribution in [0.25, 0.3) is 0 Å². The second-order valence-electron chi connectivity index (χ2n) is 4.20. The molecule has 1 aromatic carbocycles. The molecule has 1 aliphatic rings. The molecule has 9 heteroatoms. The van der Waals surface area contributed by atoms with Gasteiger partial charge in [-0.2, -0.15) is 0 Å². The summed E-state index contributed by atoms with van der Waals surface area (Å²) < 4.78 is 0. The number of hydrogen-bond donors (Lipinski definition) is 3. The van der Waals surface area contributed by atoms with Crippen LogP contribution in [0.3, 0.4) is 0 Å². The summed E-state index contributed by atoms with van der Waals surface area (Å²) in [5.74, 6) is -1.59. The monoisotopic (exact) mass is 293 g/mol. The van der Waals surface area contributed by atoms with E-state index in [-0.39, 0.29) is 36.0 Å². The number of amides is 2. The third-order valence-electron chi connectivity index (χ3n) is 2.73. The Kier molecular flexibility index (Phi) is 3.85. The molecule has 1 aliphatic heterocycles. The summed E-state index contributed by atoms with van der Waals surface area (Å²) in [6.07, 6.45) is 1.02. The lowest BCUT2D eigenvalue weighted by Crippen LogP contribution is -2.34. The van der Waals surface area contributed by atoms with E-state index >= 15 is 0 Å².